The number of carbonyl (C=O) groups is 1. The highest BCUT2D eigenvalue weighted by molar-refractivity contribution is 6.03. The second kappa shape index (κ2) is 5.06. The molecular formula is C13H10N4O. The van der Waals surface area contributed by atoms with Crippen LogP contribution in [0, 0.1) is 18.3 Å². The monoisotopic (exact) mass is 238 g/mol. The van der Waals surface area contributed by atoms with Crippen LogP contribution >= 0.6 is 0 Å². The van der Waals surface area contributed by atoms with Crippen molar-refractivity contribution in [3.05, 3.63) is 53.6 Å². The standard InChI is InChI=1S/C13H10N4O/c1-9-4-5-15-8-12(9)17-13(18)11-3-2-10(6-14)7-16-11/h2-5,7-8H,1H3,(H,17,18). The van der Waals surface area contributed by atoms with Crippen molar-refractivity contribution in [3.8, 4) is 6.07 Å². The summed E-state index contributed by atoms with van der Waals surface area (Å²) < 4.78 is 0. The lowest BCUT2D eigenvalue weighted by Crippen LogP contribution is -2.14. The Morgan fingerprint density at radius 3 is 2.78 bits per heavy atom. The molecule has 5 nitrogen and oxygen atoms in total. The number of anilines is 1. The third-order valence-corrected chi connectivity index (χ3v) is 2.41. The molecule has 2 aromatic heterocycles. The number of nitrogens with one attached hydrogen (secondary N) is 1. The maximum absolute atomic E-state index is 11.9. The fraction of sp³-hybridized carbons (Fsp3) is 0.0769. The zero-order chi connectivity index (χ0) is 13.0. The molecule has 5 heteroatoms. The lowest BCUT2D eigenvalue weighted by Gasteiger charge is -2.06. The Hall–Kier alpha value is -2.74. The lowest BCUT2D eigenvalue weighted by molar-refractivity contribution is 0.102. The van der Waals surface area contributed by atoms with Crippen LogP contribution in [-0.2, 0) is 0 Å². The maximum atomic E-state index is 11.9. The van der Waals surface area contributed by atoms with Gasteiger partial charge < -0.3 is 5.32 Å². The molecule has 0 saturated carbocycles. The number of rotatable bonds is 2. The molecule has 0 bridgehead atoms. The van der Waals surface area contributed by atoms with Crippen molar-refractivity contribution in [2.45, 2.75) is 6.92 Å². The van der Waals surface area contributed by atoms with Crippen LogP contribution in [0.3, 0.4) is 0 Å². The highest BCUT2D eigenvalue weighted by atomic mass is 16.1. The zero-order valence-corrected chi connectivity index (χ0v) is 9.71. The first-order valence-corrected chi connectivity index (χ1v) is 5.29. The number of nitriles is 1. The van der Waals surface area contributed by atoms with Crippen LogP contribution in [0.1, 0.15) is 21.6 Å². The second-order valence-corrected chi connectivity index (χ2v) is 3.69. The van der Waals surface area contributed by atoms with Crippen molar-refractivity contribution >= 4 is 11.6 Å². The number of amides is 1. The first-order valence-electron chi connectivity index (χ1n) is 5.29. The molecule has 0 atom stereocenters. The molecule has 18 heavy (non-hydrogen) atoms. The van der Waals surface area contributed by atoms with Crippen molar-refractivity contribution in [3.63, 3.8) is 0 Å². The summed E-state index contributed by atoms with van der Waals surface area (Å²) >= 11 is 0. The van der Waals surface area contributed by atoms with Crippen LogP contribution in [0.2, 0.25) is 0 Å². The number of carbonyl (C=O) groups excluding carboxylic acids is 1. The fourth-order valence-electron chi connectivity index (χ4n) is 1.38. The summed E-state index contributed by atoms with van der Waals surface area (Å²) in [5.41, 5.74) is 2.25. The Labute approximate surface area is 104 Å². The van der Waals surface area contributed by atoms with E-state index in [1.54, 1.807) is 18.5 Å². The number of nitrogens with zero attached hydrogens (tertiary/aromatic N) is 3. The van der Waals surface area contributed by atoms with Gasteiger partial charge in [0.25, 0.3) is 5.91 Å². The summed E-state index contributed by atoms with van der Waals surface area (Å²) in [5.74, 6) is -0.324. The fourth-order valence-corrected chi connectivity index (χ4v) is 1.38. The van der Waals surface area contributed by atoms with E-state index in [-0.39, 0.29) is 11.6 Å². The summed E-state index contributed by atoms with van der Waals surface area (Å²) in [7, 11) is 0. The lowest BCUT2D eigenvalue weighted by atomic mass is 10.2. The van der Waals surface area contributed by atoms with E-state index in [0.29, 0.717) is 11.3 Å². The molecule has 88 valence electrons. The predicted molar refractivity (Wildman–Crippen MR) is 65.9 cm³/mol. The molecule has 0 spiro atoms. The van der Waals surface area contributed by atoms with Crippen LogP contribution in [0.5, 0.6) is 0 Å². The van der Waals surface area contributed by atoms with Crippen molar-refractivity contribution in [2.24, 2.45) is 0 Å². The minimum absolute atomic E-state index is 0.261. The quantitative estimate of drug-likeness (QED) is 0.866. The summed E-state index contributed by atoms with van der Waals surface area (Å²) in [6, 6.07) is 6.82. The van der Waals surface area contributed by atoms with Crippen molar-refractivity contribution in [1.29, 1.82) is 5.26 Å². The van der Waals surface area contributed by atoms with Gasteiger partial charge in [0, 0.05) is 12.4 Å². The first kappa shape index (κ1) is 11.7. The maximum Gasteiger partial charge on any atom is 0.274 e. The van der Waals surface area contributed by atoms with E-state index in [1.807, 2.05) is 19.1 Å². The van der Waals surface area contributed by atoms with E-state index in [0.717, 1.165) is 5.56 Å². The Bertz CT molecular complexity index is 614. The smallest absolute Gasteiger partial charge is 0.274 e. The van der Waals surface area contributed by atoms with Gasteiger partial charge in [0.05, 0.1) is 17.4 Å². The molecule has 1 amide bonds. The average Bonchev–Trinajstić information content (AvgIpc) is 2.41. The Morgan fingerprint density at radius 1 is 1.33 bits per heavy atom. The molecule has 2 aromatic rings. The van der Waals surface area contributed by atoms with Gasteiger partial charge in [0.1, 0.15) is 11.8 Å². The number of aryl methyl sites for hydroxylation is 1. The van der Waals surface area contributed by atoms with Gasteiger partial charge in [0.2, 0.25) is 0 Å². The Balaban J connectivity index is 2.17. The molecule has 1 N–H and O–H groups in total. The highest BCUT2D eigenvalue weighted by Gasteiger charge is 2.08. The van der Waals surface area contributed by atoms with Gasteiger partial charge >= 0.3 is 0 Å². The van der Waals surface area contributed by atoms with E-state index >= 15 is 0 Å². The Morgan fingerprint density at radius 2 is 2.17 bits per heavy atom. The van der Waals surface area contributed by atoms with Crippen LogP contribution in [-0.4, -0.2) is 15.9 Å². The summed E-state index contributed by atoms with van der Waals surface area (Å²) in [6.07, 6.45) is 4.60. The van der Waals surface area contributed by atoms with E-state index in [2.05, 4.69) is 15.3 Å². The molecule has 2 heterocycles. The van der Waals surface area contributed by atoms with E-state index in [1.165, 1.54) is 12.3 Å². The molecule has 0 radical (unpaired) electrons. The number of pyridine rings is 2. The van der Waals surface area contributed by atoms with Gasteiger partial charge in [-0.1, -0.05) is 0 Å². The molecule has 0 aliphatic rings. The largest absolute Gasteiger partial charge is 0.319 e. The second-order valence-electron chi connectivity index (χ2n) is 3.69. The minimum atomic E-state index is -0.324. The van der Waals surface area contributed by atoms with Gasteiger partial charge in [-0.25, -0.2) is 4.98 Å². The SMILES string of the molecule is Cc1ccncc1NC(=O)c1ccc(C#N)cn1. The van der Waals surface area contributed by atoms with Crippen LogP contribution in [0.15, 0.2) is 36.8 Å². The van der Waals surface area contributed by atoms with E-state index in [9.17, 15) is 4.79 Å². The molecule has 0 aliphatic heterocycles. The van der Waals surface area contributed by atoms with Crippen molar-refractivity contribution in [2.75, 3.05) is 5.32 Å². The third-order valence-electron chi connectivity index (χ3n) is 2.41. The predicted octanol–water partition coefficient (Wildman–Crippen LogP) is 1.91. The van der Waals surface area contributed by atoms with Crippen LogP contribution < -0.4 is 5.32 Å². The van der Waals surface area contributed by atoms with Gasteiger partial charge in [-0.15, -0.1) is 0 Å². The summed E-state index contributed by atoms with van der Waals surface area (Å²) in [5, 5.41) is 11.4. The van der Waals surface area contributed by atoms with Crippen LogP contribution in [0.4, 0.5) is 5.69 Å². The number of hydrogen-bond donors (Lipinski definition) is 1. The Kier molecular flexibility index (Phi) is 3.30. The highest BCUT2D eigenvalue weighted by Crippen LogP contribution is 2.12. The van der Waals surface area contributed by atoms with Gasteiger partial charge in [-0.3, -0.25) is 9.78 Å². The molecule has 0 fully saturated rings. The summed E-state index contributed by atoms with van der Waals surface area (Å²) in [6.45, 7) is 1.88. The third kappa shape index (κ3) is 2.50. The first-order chi connectivity index (χ1) is 8.70. The van der Waals surface area contributed by atoms with Crippen molar-refractivity contribution in [1.82, 2.24) is 9.97 Å². The molecule has 0 unspecified atom stereocenters. The van der Waals surface area contributed by atoms with Gasteiger partial charge in [-0.05, 0) is 30.7 Å². The molecular weight excluding hydrogens is 228 g/mol. The topological polar surface area (TPSA) is 78.7 Å². The normalized spacial score (nSPS) is 9.56. The number of aromatic nitrogens is 2. The number of hydrogen-bond acceptors (Lipinski definition) is 4. The molecule has 2 rings (SSSR count). The molecule has 0 aliphatic carbocycles. The molecule has 0 saturated heterocycles. The van der Waals surface area contributed by atoms with Crippen molar-refractivity contribution < 1.29 is 4.79 Å². The van der Waals surface area contributed by atoms with Gasteiger partial charge in [-0.2, -0.15) is 5.26 Å². The van der Waals surface area contributed by atoms with Crippen LogP contribution in [0.25, 0.3) is 0 Å². The van der Waals surface area contributed by atoms with Gasteiger partial charge in [0.15, 0.2) is 0 Å². The molecule has 0 aromatic carbocycles. The summed E-state index contributed by atoms with van der Waals surface area (Å²) in [4.78, 5) is 19.7. The average molecular weight is 238 g/mol. The van der Waals surface area contributed by atoms with E-state index in [4.69, 9.17) is 5.26 Å². The zero-order valence-electron chi connectivity index (χ0n) is 9.71. The van der Waals surface area contributed by atoms with E-state index < -0.39 is 0 Å². The minimum Gasteiger partial charge on any atom is -0.319 e.